The molecule has 0 spiro atoms. The number of carbonyl (C=O) groups is 1. The van der Waals surface area contributed by atoms with Crippen LogP contribution in [0.15, 0.2) is 24.3 Å². The first-order valence-corrected chi connectivity index (χ1v) is 8.10. The summed E-state index contributed by atoms with van der Waals surface area (Å²) in [5.74, 6) is 0.769. The van der Waals surface area contributed by atoms with Gasteiger partial charge in [0.25, 0.3) is 0 Å². The summed E-state index contributed by atoms with van der Waals surface area (Å²) in [4.78, 5) is 14.7. The van der Waals surface area contributed by atoms with E-state index in [9.17, 15) is 4.79 Å². The van der Waals surface area contributed by atoms with Crippen LogP contribution in [0, 0.1) is 12.8 Å². The maximum atomic E-state index is 12.6. The van der Waals surface area contributed by atoms with Crippen molar-refractivity contribution in [3.05, 3.63) is 35.4 Å². The molecule has 0 aliphatic carbocycles. The Kier molecular flexibility index (Phi) is 5.40. The quantitative estimate of drug-likeness (QED) is 0.922. The highest BCUT2D eigenvalue weighted by atomic mass is 16.2. The summed E-state index contributed by atoms with van der Waals surface area (Å²) in [6.07, 6.45) is 3.63. The van der Waals surface area contributed by atoms with Gasteiger partial charge in [-0.15, -0.1) is 0 Å². The van der Waals surface area contributed by atoms with Crippen molar-refractivity contribution in [3.63, 3.8) is 0 Å². The molecule has 2 rings (SSSR count). The van der Waals surface area contributed by atoms with Crippen LogP contribution >= 0.6 is 0 Å². The molecule has 3 unspecified atom stereocenters. The van der Waals surface area contributed by atoms with E-state index in [1.54, 1.807) is 0 Å². The van der Waals surface area contributed by atoms with Gasteiger partial charge in [0.05, 0.1) is 6.04 Å². The van der Waals surface area contributed by atoms with Crippen LogP contribution in [-0.2, 0) is 4.79 Å². The van der Waals surface area contributed by atoms with Crippen LogP contribution in [0.2, 0.25) is 0 Å². The van der Waals surface area contributed by atoms with Crippen molar-refractivity contribution in [1.82, 2.24) is 4.90 Å². The maximum absolute atomic E-state index is 12.6. The van der Waals surface area contributed by atoms with Gasteiger partial charge < -0.3 is 10.6 Å². The van der Waals surface area contributed by atoms with Gasteiger partial charge in [0.2, 0.25) is 5.91 Å². The molecule has 1 aliphatic rings. The number of amides is 1. The Labute approximate surface area is 128 Å². The van der Waals surface area contributed by atoms with E-state index in [0.717, 1.165) is 19.4 Å². The van der Waals surface area contributed by atoms with Crippen molar-refractivity contribution >= 4 is 5.91 Å². The van der Waals surface area contributed by atoms with Crippen molar-refractivity contribution in [2.75, 3.05) is 6.54 Å². The fourth-order valence-electron chi connectivity index (χ4n) is 3.23. The summed E-state index contributed by atoms with van der Waals surface area (Å²) in [6.45, 7) is 7.19. The van der Waals surface area contributed by atoms with E-state index in [0.29, 0.717) is 12.3 Å². The molecule has 0 aromatic heterocycles. The highest BCUT2D eigenvalue weighted by Crippen LogP contribution is 2.36. The molecule has 1 saturated heterocycles. The van der Waals surface area contributed by atoms with Gasteiger partial charge >= 0.3 is 0 Å². The predicted octanol–water partition coefficient (Wildman–Crippen LogP) is 3.42. The minimum atomic E-state index is 0.0917. The molecule has 1 heterocycles. The Morgan fingerprint density at radius 2 is 2.05 bits per heavy atom. The van der Waals surface area contributed by atoms with Gasteiger partial charge in [0, 0.05) is 19.0 Å². The number of likely N-dealkylation sites (tertiary alicyclic amines) is 1. The molecule has 1 fully saturated rings. The monoisotopic (exact) mass is 288 g/mol. The third-order valence-corrected chi connectivity index (χ3v) is 4.49. The lowest BCUT2D eigenvalue weighted by atomic mass is 9.85. The Balaban J connectivity index is 2.16. The second kappa shape index (κ2) is 7.08. The van der Waals surface area contributed by atoms with Gasteiger partial charge in [-0.05, 0) is 44.6 Å². The molecule has 3 heteroatoms. The van der Waals surface area contributed by atoms with Gasteiger partial charge in [-0.2, -0.15) is 0 Å². The lowest BCUT2D eigenvalue weighted by Gasteiger charge is -2.40. The van der Waals surface area contributed by atoms with E-state index >= 15 is 0 Å². The van der Waals surface area contributed by atoms with Crippen LogP contribution in [-0.4, -0.2) is 23.4 Å². The molecule has 21 heavy (non-hydrogen) atoms. The number of hydrogen-bond donors (Lipinski definition) is 1. The number of carbonyl (C=O) groups excluding carboxylic acids is 1. The maximum Gasteiger partial charge on any atom is 0.223 e. The van der Waals surface area contributed by atoms with E-state index in [1.807, 2.05) is 6.92 Å². The first-order chi connectivity index (χ1) is 9.99. The summed E-state index contributed by atoms with van der Waals surface area (Å²) in [7, 11) is 0. The number of hydrogen-bond acceptors (Lipinski definition) is 2. The summed E-state index contributed by atoms with van der Waals surface area (Å²) in [5, 5.41) is 0. The Hall–Kier alpha value is -1.35. The fraction of sp³-hybridized carbons (Fsp3) is 0.611. The van der Waals surface area contributed by atoms with Gasteiger partial charge in [-0.1, -0.05) is 36.8 Å². The molecule has 1 aliphatic heterocycles. The Morgan fingerprint density at radius 3 is 2.67 bits per heavy atom. The second-order valence-corrected chi connectivity index (χ2v) is 6.58. The molecule has 2 N–H and O–H groups in total. The van der Waals surface area contributed by atoms with E-state index in [4.69, 9.17) is 5.73 Å². The Morgan fingerprint density at radius 1 is 1.38 bits per heavy atom. The third-order valence-electron chi connectivity index (χ3n) is 4.49. The molecule has 0 bridgehead atoms. The fourth-order valence-corrected chi connectivity index (χ4v) is 3.23. The minimum absolute atomic E-state index is 0.0917. The summed E-state index contributed by atoms with van der Waals surface area (Å²) >= 11 is 0. The average Bonchev–Trinajstić information content (AvgIpc) is 2.45. The zero-order valence-corrected chi connectivity index (χ0v) is 13.5. The lowest BCUT2D eigenvalue weighted by molar-refractivity contribution is -0.136. The Bertz CT molecular complexity index is 467. The lowest BCUT2D eigenvalue weighted by Crippen LogP contribution is -2.42. The van der Waals surface area contributed by atoms with Crippen molar-refractivity contribution in [3.8, 4) is 0 Å². The molecule has 0 radical (unpaired) electrons. The second-order valence-electron chi connectivity index (χ2n) is 6.58. The molecule has 1 aromatic carbocycles. The van der Waals surface area contributed by atoms with Gasteiger partial charge in [0.15, 0.2) is 0 Å². The molecular formula is C18H28N2O. The molecule has 0 saturated carbocycles. The van der Waals surface area contributed by atoms with E-state index < -0.39 is 0 Å². The molecule has 1 amide bonds. The van der Waals surface area contributed by atoms with Gasteiger partial charge in [-0.25, -0.2) is 0 Å². The van der Waals surface area contributed by atoms with Crippen LogP contribution in [0.5, 0.6) is 0 Å². The van der Waals surface area contributed by atoms with E-state index in [2.05, 4.69) is 43.0 Å². The number of rotatable bonds is 4. The van der Waals surface area contributed by atoms with Crippen LogP contribution in [0.3, 0.4) is 0 Å². The first kappa shape index (κ1) is 16.0. The smallest absolute Gasteiger partial charge is 0.223 e. The third kappa shape index (κ3) is 4.07. The van der Waals surface area contributed by atoms with Crippen molar-refractivity contribution in [2.45, 2.75) is 58.5 Å². The van der Waals surface area contributed by atoms with Crippen molar-refractivity contribution < 1.29 is 4.79 Å². The molecule has 116 valence electrons. The van der Waals surface area contributed by atoms with Gasteiger partial charge in [-0.3, -0.25) is 4.79 Å². The number of benzene rings is 1. The molecule has 3 atom stereocenters. The topological polar surface area (TPSA) is 46.3 Å². The van der Waals surface area contributed by atoms with Crippen LogP contribution in [0.1, 0.15) is 56.7 Å². The highest BCUT2D eigenvalue weighted by molar-refractivity contribution is 5.77. The first-order valence-electron chi connectivity index (χ1n) is 8.10. The number of nitrogens with zero attached hydrogens (tertiary/aromatic N) is 1. The largest absolute Gasteiger partial charge is 0.335 e. The molecular weight excluding hydrogens is 260 g/mol. The van der Waals surface area contributed by atoms with Crippen LogP contribution in [0.25, 0.3) is 0 Å². The standard InChI is InChI=1S/C18H28N2O/c1-13-6-9-16(10-7-13)18-14(2)5-4-12-20(18)17(21)11-8-15(3)19/h6-7,9-10,14-15,18H,4-5,8,11-12,19H2,1-3H3. The summed E-state index contributed by atoms with van der Waals surface area (Å²) in [6, 6.07) is 8.94. The normalized spacial score (nSPS) is 23.9. The predicted molar refractivity (Wildman–Crippen MR) is 86.9 cm³/mol. The van der Waals surface area contributed by atoms with Crippen molar-refractivity contribution in [2.24, 2.45) is 11.7 Å². The highest BCUT2D eigenvalue weighted by Gasteiger charge is 2.32. The van der Waals surface area contributed by atoms with Crippen LogP contribution in [0.4, 0.5) is 0 Å². The zero-order chi connectivity index (χ0) is 15.4. The molecule has 1 aromatic rings. The summed E-state index contributed by atoms with van der Waals surface area (Å²) in [5.41, 5.74) is 8.32. The number of nitrogens with two attached hydrogens (primary N) is 1. The van der Waals surface area contributed by atoms with E-state index in [-0.39, 0.29) is 18.0 Å². The van der Waals surface area contributed by atoms with Gasteiger partial charge in [0.1, 0.15) is 0 Å². The zero-order valence-electron chi connectivity index (χ0n) is 13.5. The minimum Gasteiger partial charge on any atom is -0.335 e. The SMILES string of the molecule is Cc1ccc(C2C(C)CCCN2C(=O)CCC(C)N)cc1. The average molecular weight is 288 g/mol. The number of piperidine rings is 1. The molecule has 3 nitrogen and oxygen atoms in total. The summed E-state index contributed by atoms with van der Waals surface area (Å²) < 4.78 is 0. The van der Waals surface area contributed by atoms with Crippen molar-refractivity contribution in [1.29, 1.82) is 0 Å². The number of aryl methyl sites for hydroxylation is 1. The van der Waals surface area contributed by atoms with E-state index in [1.165, 1.54) is 17.5 Å². The van der Waals surface area contributed by atoms with Crippen LogP contribution < -0.4 is 5.73 Å².